The van der Waals surface area contributed by atoms with Crippen LogP contribution in [0.2, 0.25) is 0 Å². The van der Waals surface area contributed by atoms with Gasteiger partial charge in [-0.05, 0) is 24.3 Å². The molecule has 0 aromatic heterocycles. The summed E-state index contributed by atoms with van der Waals surface area (Å²) in [5.41, 5.74) is -3.30. The third-order valence-electron chi connectivity index (χ3n) is 5.79. The van der Waals surface area contributed by atoms with Gasteiger partial charge in [-0.1, -0.05) is 48.5 Å². The Bertz CT molecular complexity index is 1160. The fourth-order valence-electron chi connectivity index (χ4n) is 4.42. The lowest BCUT2D eigenvalue weighted by Gasteiger charge is -2.44. The molecule has 0 N–H and O–H groups in total. The summed E-state index contributed by atoms with van der Waals surface area (Å²) in [6.07, 6.45) is -3.85. The van der Waals surface area contributed by atoms with Gasteiger partial charge in [0, 0.05) is 0 Å². The lowest BCUT2D eigenvalue weighted by Crippen LogP contribution is -2.77. The molecule has 0 aliphatic carbocycles. The van der Waals surface area contributed by atoms with Crippen LogP contribution in [0.1, 0.15) is 1.43 Å². The highest BCUT2D eigenvalue weighted by atomic mass is 19.2. The van der Waals surface area contributed by atoms with Crippen molar-refractivity contribution >= 4 is 28.0 Å². The lowest BCUT2D eigenvalue weighted by atomic mass is 9.12. The Kier molecular flexibility index (Phi) is 5.74. The molecule has 0 radical (unpaired) electrons. The molecule has 9 heteroatoms. The van der Waals surface area contributed by atoms with E-state index in [0.717, 1.165) is 48.5 Å². The van der Waals surface area contributed by atoms with Gasteiger partial charge in [0.15, 0.2) is 23.3 Å². The van der Waals surface area contributed by atoms with Crippen LogP contribution in [-0.2, 0) is 0 Å². The van der Waals surface area contributed by atoms with Gasteiger partial charge in [0.1, 0.15) is 29.4 Å². The number of benzene rings is 4. The number of hydrogen-bond acceptors (Lipinski definition) is 0. The summed E-state index contributed by atoms with van der Waals surface area (Å²) in [5, 5.41) is 0. The van der Waals surface area contributed by atoms with Gasteiger partial charge in [-0.2, -0.15) is 21.9 Å². The standard InChI is InChI=1S/C24H12BF8/c26-17-9-1-5-13(21(17)30)25(14-6-2-10-18(27)22(14)31,15-7-3-11-19(28)23(15)32)16-8-4-12-20(29)24(16)33/h1-12H/q-1/p+1. The van der Waals surface area contributed by atoms with Gasteiger partial charge in [0.2, 0.25) is 0 Å². The van der Waals surface area contributed by atoms with Crippen molar-refractivity contribution in [1.29, 1.82) is 0 Å². The third-order valence-corrected chi connectivity index (χ3v) is 5.79. The van der Waals surface area contributed by atoms with Crippen LogP contribution in [0, 0.1) is 46.5 Å². The van der Waals surface area contributed by atoms with Crippen LogP contribution in [0.25, 0.3) is 0 Å². The second-order valence-corrected chi connectivity index (χ2v) is 7.44. The van der Waals surface area contributed by atoms with Gasteiger partial charge in [-0.15, -0.1) is 0 Å². The number of halogens is 8. The molecule has 4 rings (SSSR count). The summed E-state index contributed by atoms with van der Waals surface area (Å²) >= 11 is 0. The van der Waals surface area contributed by atoms with Gasteiger partial charge >= 0.3 is 1.43 Å². The Hall–Kier alpha value is -3.62. The summed E-state index contributed by atoms with van der Waals surface area (Å²) < 4.78 is 118. The second-order valence-electron chi connectivity index (χ2n) is 7.44. The zero-order valence-corrected chi connectivity index (χ0v) is 16.5. The van der Waals surface area contributed by atoms with Gasteiger partial charge in [-0.25, -0.2) is 35.1 Å². The monoisotopic (exact) mass is 464 g/mol. The molecule has 0 bridgehead atoms. The summed E-state index contributed by atoms with van der Waals surface area (Å²) in [6, 6.07) is 10.3. The van der Waals surface area contributed by atoms with E-state index in [1.807, 2.05) is 0 Å². The average Bonchev–Trinajstić information content (AvgIpc) is 2.79. The van der Waals surface area contributed by atoms with E-state index in [2.05, 4.69) is 0 Å². The molecule has 0 heterocycles. The smallest absolute Gasteiger partial charge is 0.207 e. The van der Waals surface area contributed by atoms with E-state index < -0.39 is 74.5 Å². The Labute approximate surface area is 184 Å². The molecule has 0 saturated heterocycles. The lowest BCUT2D eigenvalue weighted by molar-refractivity contribution is 0.507. The molecule has 168 valence electrons. The molecule has 0 fully saturated rings. The predicted octanol–water partition coefficient (Wildman–Crippen LogP) is 4.29. The van der Waals surface area contributed by atoms with E-state index in [4.69, 9.17) is 0 Å². The molecule has 4 aromatic carbocycles. The van der Waals surface area contributed by atoms with E-state index in [-0.39, 0.29) is 1.43 Å². The fourth-order valence-corrected chi connectivity index (χ4v) is 4.42. The van der Waals surface area contributed by atoms with Crippen molar-refractivity contribution in [2.45, 2.75) is 0 Å². The zero-order chi connectivity index (χ0) is 23.9. The minimum Gasteiger partial charge on any atom is -0.207 e. The minimum absolute atomic E-state index is 0. The van der Waals surface area contributed by atoms with Crippen molar-refractivity contribution < 1.29 is 36.5 Å². The predicted molar refractivity (Wildman–Crippen MR) is 111 cm³/mol. The minimum atomic E-state index is -3.85. The largest absolute Gasteiger partial charge is 1.00 e. The molecule has 4 aromatic rings. The van der Waals surface area contributed by atoms with Gasteiger partial charge in [-0.3, -0.25) is 0 Å². The molecule has 0 nitrogen and oxygen atoms in total. The normalized spacial score (nSPS) is 11.6. The Balaban J connectivity index is 0.00000324. The van der Waals surface area contributed by atoms with Crippen molar-refractivity contribution in [2.24, 2.45) is 0 Å². The first-order valence-electron chi connectivity index (χ1n) is 9.64. The van der Waals surface area contributed by atoms with Crippen LogP contribution in [0.3, 0.4) is 0 Å². The highest BCUT2D eigenvalue weighted by Crippen LogP contribution is 2.20. The summed E-state index contributed by atoms with van der Waals surface area (Å²) in [4.78, 5) is 0. The van der Waals surface area contributed by atoms with E-state index >= 15 is 17.6 Å². The molecule has 0 aliphatic rings. The molecule has 0 aliphatic heterocycles. The first-order valence-corrected chi connectivity index (χ1v) is 9.64. The van der Waals surface area contributed by atoms with E-state index in [1.165, 1.54) is 0 Å². The first-order chi connectivity index (χ1) is 15.7. The van der Waals surface area contributed by atoms with Crippen LogP contribution in [0.4, 0.5) is 35.1 Å². The second kappa shape index (κ2) is 8.39. The maximum atomic E-state index is 15.2. The molecule has 0 amide bonds. The maximum absolute atomic E-state index is 15.2. The van der Waals surface area contributed by atoms with Crippen LogP contribution < -0.4 is 21.9 Å². The Morgan fingerprint density at radius 2 is 0.576 bits per heavy atom. The van der Waals surface area contributed by atoms with Gasteiger partial charge in [0.05, 0.1) is 0 Å². The van der Waals surface area contributed by atoms with Crippen molar-refractivity contribution in [3.63, 3.8) is 0 Å². The van der Waals surface area contributed by atoms with Crippen molar-refractivity contribution in [2.75, 3.05) is 0 Å². The molecule has 0 spiro atoms. The van der Waals surface area contributed by atoms with Gasteiger partial charge < -0.3 is 0 Å². The SMILES string of the molecule is Fc1cccc([B-](c2cccc(F)c2F)(c2cccc(F)c2F)c2cccc(F)c2F)c1F.[H+]. The van der Waals surface area contributed by atoms with E-state index in [1.54, 1.807) is 0 Å². The topological polar surface area (TPSA) is 0 Å². The first kappa shape index (κ1) is 22.6. The summed E-state index contributed by atoms with van der Waals surface area (Å²) in [5.74, 6) is -12.5. The molecular formula is C24H13BF8. The molecule has 0 unspecified atom stereocenters. The Morgan fingerprint density at radius 1 is 0.364 bits per heavy atom. The van der Waals surface area contributed by atoms with Crippen LogP contribution in [-0.4, -0.2) is 6.15 Å². The zero-order valence-electron chi connectivity index (χ0n) is 17.5. The molecule has 33 heavy (non-hydrogen) atoms. The summed E-state index contributed by atoms with van der Waals surface area (Å²) in [7, 11) is 0. The van der Waals surface area contributed by atoms with Crippen molar-refractivity contribution in [1.82, 2.24) is 0 Å². The van der Waals surface area contributed by atoms with E-state index in [9.17, 15) is 17.6 Å². The number of hydrogen-bond donors (Lipinski definition) is 0. The van der Waals surface area contributed by atoms with Crippen molar-refractivity contribution in [3.05, 3.63) is 119 Å². The quantitative estimate of drug-likeness (QED) is 0.313. The fraction of sp³-hybridized carbons (Fsp3) is 0. The van der Waals surface area contributed by atoms with Gasteiger partial charge in [0.25, 0.3) is 0 Å². The molecular weight excluding hydrogens is 451 g/mol. The molecule has 0 atom stereocenters. The third kappa shape index (κ3) is 3.39. The average molecular weight is 464 g/mol. The van der Waals surface area contributed by atoms with Crippen LogP contribution >= 0.6 is 0 Å². The van der Waals surface area contributed by atoms with Crippen molar-refractivity contribution in [3.8, 4) is 0 Å². The Morgan fingerprint density at radius 3 is 0.788 bits per heavy atom. The summed E-state index contributed by atoms with van der Waals surface area (Å²) in [6.45, 7) is 0. The maximum Gasteiger partial charge on any atom is 1.00 e. The highest BCUT2D eigenvalue weighted by Gasteiger charge is 2.41. The highest BCUT2D eigenvalue weighted by molar-refractivity contribution is 7.20. The van der Waals surface area contributed by atoms with Crippen LogP contribution in [0.15, 0.2) is 72.8 Å². The molecule has 0 saturated carbocycles. The van der Waals surface area contributed by atoms with E-state index in [0.29, 0.717) is 24.3 Å². The number of rotatable bonds is 4. The van der Waals surface area contributed by atoms with Crippen LogP contribution in [0.5, 0.6) is 0 Å².